The van der Waals surface area contributed by atoms with E-state index in [0.29, 0.717) is 12.0 Å². The van der Waals surface area contributed by atoms with Gasteiger partial charge in [-0.05, 0) is 62.2 Å². The molecule has 2 aromatic carbocycles. The summed E-state index contributed by atoms with van der Waals surface area (Å²) in [4.78, 5) is 10.9. The molecule has 2 N–H and O–H groups in total. The maximum Gasteiger partial charge on any atom is 0.129 e. The second-order valence-electron chi connectivity index (χ2n) is 8.14. The third-order valence-electron chi connectivity index (χ3n) is 5.71. The average molecular weight is 363 g/mol. The third-order valence-corrected chi connectivity index (χ3v) is 5.71. The first-order valence-corrected chi connectivity index (χ1v) is 10.1. The Morgan fingerprint density at radius 2 is 1.78 bits per heavy atom. The highest BCUT2D eigenvalue weighted by atomic mass is 15.1. The van der Waals surface area contributed by atoms with Gasteiger partial charge in [0, 0.05) is 6.04 Å². The van der Waals surface area contributed by atoms with Gasteiger partial charge in [-0.1, -0.05) is 50.2 Å². The lowest BCUT2D eigenvalue weighted by atomic mass is 9.96. The number of hydrogen-bond acceptors (Lipinski definition) is 3. The zero-order valence-corrected chi connectivity index (χ0v) is 16.6. The third kappa shape index (κ3) is 4.07. The summed E-state index contributed by atoms with van der Waals surface area (Å²) in [5.41, 5.74) is 4.79. The van der Waals surface area contributed by atoms with Crippen LogP contribution in [0, 0.1) is 0 Å². The number of imidazole rings is 1. The Morgan fingerprint density at radius 1 is 1.04 bits per heavy atom. The predicted octanol–water partition coefficient (Wildman–Crippen LogP) is 4.46. The van der Waals surface area contributed by atoms with Crippen LogP contribution in [0.4, 0.5) is 0 Å². The van der Waals surface area contributed by atoms with Crippen molar-refractivity contribution < 1.29 is 0 Å². The summed E-state index contributed by atoms with van der Waals surface area (Å²) in [6, 6.07) is 17.8. The summed E-state index contributed by atoms with van der Waals surface area (Å²) in [7, 11) is 2.21. The van der Waals surface area contributed by atoms with E-state index < -0.39 is 0 Å². The van der Waals surface area contributed by atoms with E-state index >= 15 is 0 Å². The fraction of sp³-hybridized carbons (Fsp3) is 0.435. The smallest absolute Gasteiger partial charge is 0.129 e. The van der Waals surface area contributed by atoms with Crippen molar-refractivity contribution >= 4 is 11.0 Å². The van der Waals surface area contributed by atoms with Gasteiger partial charge < -0.3 is 15.2 Å². The van der Waals surface area contributed by atoms with Crippen LogP contribution in [0.15, 0.2) is 48.5 Å². The molecule has 4 nitrogen and oxygen atoms in total. The average Bonchev–Trinajstić information content (AvgIpc) is 3.11. The Bertz CT molecular complexity index is 857. The van der Waals surface area contributed by atoms with Gasteiger partial charge in [0.1, 0.15) is 5.82 Å². The van der Waals surface area contributed by atoms with Crippen LogP contribution in [0.3, 0.4) is 0 Å². The summed E-state index contributed by atoms with van der Waals surface area (Å²) in [5.74, 6) is 1.53. The van der Waals surface area contributed by atoms with Crippen molar-refractivity contribution in [3.05, 3.63) is 65.5 Å². The fourth-order valence-corrected chi connectivity index (χ4v) is 3.95. The zero-order valence-electron chi connectivity index (χ0n) is 16.6. The summed E-state index contributed by atoms with van der Waals surface area (Å²) in [6.07, 6.45) is 2.36. The number of piperidine rings is 1. The molecule has 0 aliphatic carbocycles. The molecular weight excluding hydrogens is 332 g/mol. The predicted molar refractivity (Wildman–Crippen MR) is 112 cm³/mol. The number of rotatable bonds is 5. The van der Waals surface area contributed by atoms with E-state index in [4.69, 9.17) is 4.98 Å². The van der Waals surface area contributed by atoms with Gasteiger partial charge in [0.05, 0.1) is 17.1 Å². The highest BCUT2D eigenvalue weighted by Gasteiger charge is 2.24. The van der Waals surface area contributed by atoms with Crippen molar-refractivity contribution in [2.75, 3.05) is 20.1 Å². The number of hydrogen-bond donors (Lipinski definition) is 2. The first kappa shape index (κ1) is 18.2. The van der Waals surface area contributed by atoms with Crippen LogP contribution in [0.2, 0.25) is 0 Å². The van der Waals surface area contributed by atoms with E-state index in [0.717, 1.165) is 29.9 Å². The maximum atomic E-state index is 4.92. The number of aromatic amines is 1. The van der Waals surface area contributed by atoms with E-state index in [2.05, 4.69) is 78.6 Å². The van der Waals surface area contributed by atoms with E-state index in [9.17, 15) is 0 Å². The van der Waals surface area contributed by atoms with Crippen molar-refractivity contribution in [1.82, 2.24) is 20.2 Å². The Labute approximate surface area is 162 Å². The molecular formula is C23H30N4. The highest BCUT2D eigenvalue weighted by Crippen LogP contribution is 2.27. The molecule has 142 valence electrons. The van der Waals surface area contributed by atoms with Gasteiger partial charge in [-0.25, -0.2) is 4.98 Å². The van der Waals surface area contributed by atoms with Gasteiger partial charge >= 0.3 is 0 Å². The van der Waals surface area contributed by atoms with E-state index in [1.54, 1.807) is 0 Å². The highest BCUT2D eigenvalue weighted by molar-refractivity contribution is 5.75. The Morgan fingerprint density at radius 3 is 2.52 bits per heavy atom. The van der Waals surface area contributed by atoms with Gasteiger partial charge in [0.2, 0.25) is 0 Å². The van der Waals surface area contributed by atoms with Crippen LogP contribution in [0.5, 0.6) is 0 Å². The van der Waals surface area contributed by atoms with Gasteiger partial charge in [-0.3, -0.25) is 0 Å². The van der Waals surface area contributed by atoms with Gasteiger partial charge in [-0.15, -0.1) is 0 Å². The van der Waals surface area contributed by atoms with E-state index in [1.165, 1.54) is 24.0 Å². The van der Waals surface area contributed by atoms with Crippen molar-refractivity contribution in [1.29, 1.82) is 0 Å². The molecule has 1 fully saturated rings. The molecule has 2 heterocycles. The number of nitrogens with one attached hydrogen (secondary N) is 2. The van der Waals surface area contributed by atoms with E-state index in [1.807, 2.05) is 6.07 Å². The molecule has 0 bridgehead atoms. The lowest BCUT2D eigenvalue weighted by molar-refractivity contribution is 0.228. The monoisotopic (exact) mass is 362 g/mol. The number of aromatic nitrogens is 2. The normalized spacial score (nSPS) is 17.6. The minimum atomic E-state index is 0.0875. The number of fused-ring (bicyclic) bond motifs is 1. The van der Waals surface area contributed by atoms with Gasteiger partial charge in [0.15, 0.2) is 0 Å². The number of benzene rings is 2. The van der Waals surface area contributed by atoms with Gasteiger partial charge in [-0.2, -0.15) is 0 Å². The van der Waals surface area contributed by atoms with Gasteiger partial charge in [0.25, 0.3) is 0 Å². The van der Waals surface area contributed by atoms with E-state index in [-0.39, 0.29) is 6.04 Å². The second kappa shape index (κ2) is 7.83. The topological polar surface area (TPSA) is 44.0 Å². The number of H-pyrrole nitrogens is 1. The molecule has 3 aromatic rings. The molecule has 4 rings (SSSR count). The summed E-state index contributed by atoms with van der Waals surface area (Å²) in [6.45, 7) is 6.80. The van der Waals surface area contributed by atoms with Crippen LogP contribution in [-0.4, -0.2) is 41.0 Å². The SMILES string of the molecule is CC(C)c1cccc(C(NC2CCN(C)CC2)c2nc3ccccc3[nH]2)c1. The molecule has 4 heteroatoms. The van der Waals surface area contributed by atoms with Crippen LogP contribution in [0.25, 0.3) is 11.0 Å². The molecule has 0 spiro atoms. The van der Waals surface area contributed by atoms with Crippen molar-refractivity contribution in [2.24, 2.45) is 0 Å². The van der Waals surface area contributed by atoms with Crippen LogP contribution in [0.1, 0.15) is 55.6 Å². The van der Waals surface area contributed by atoms with Crippen molar-refractivity contribution in [3.8, 4) is 0 Å². The molecule has 1 saturated heterocycles. The number of nitrogens with zero attached hydrogens (tertiary/aromatic N) is 2. The molecule has 1 unspecified atom stereocenters. The molecule has 1 aliphatic heterocycles. The fourth-order valence-electron chi connectivity index (χ4n) is 3.95. The first-order valence-electron chi connectivity index (χ1n) is 10.1. The van der Waals surface area contributed by atoms with Crippen molar-refractivity contribution in [3.63, 3.8) is 0 Å². The van der Waals surface area contributed by atoms with Crippen LogP contribution < -0.4 is 5.32 Å². The minimum absolute atomic E-state index is 0.0875. The number of likely N-dealkylation sites (tertiary alicyclic amines) is 1. The largest absolute Gasteiger partial charge is 0.340 e. The summed E-state index contributed by atoms with van der Waals surface area (Å²) >= 11 is 0. The molecule has 1 atom stereocenters. The molecule has 27 heavy (non-hydrogen) atoms. The molecule has 1 aromatic heterocycles. The van der Waals surface area contributed by atoms with Crippen molar-refractivity contribution in [2.45, 2.75) is 44.7 Å². The summed E-state index contributed by atoms with van der Waals surface area (Å²) < 4.78 is 0. The Hall–Kier alpha value is -2.17. The lowest BCUT2D eigenvalue weighted by Gasteiger charge is -2.32. The minimum Gasteiger partial charge on any atom is -0.340 e. The zero-order chi connectivity index (χ0) is 18.8. The Kier molecular flexibility index (Phi) is 5.28. The lowest BCUT2D eigenvalue weighted by Crippen LogP contribution is -2.42. The molecule has 1 aliphatic rings. The first-order chi connectivity index (χ1) is 13.1. The molecule has 0 radical (unpaired) electrons. The maximum absolute atomic E-state index is 4.92. The standard InChI is InChI=1S/C23H30N4/c1-16(2)17-7-6-8-18(15-17)22(24-19-11-13-27(3)14-12-19)23-25-20-9-4-5-10-21(20)26-23/h4-10,15-16,19,22,24H,11-14H2,1-3H3,(H,25,26). The summed E-state index contributed by atoms with van der Waals surface area (Å²) in [5, 5.41) is 3.92. The van der Waals surface area contributed by atoms with Crippen LogP contribution >= 0.6 is 0 Å². The quantitative estimate of drug-likeness (QED) is 0.704. The second-order valence-corrected chi connectivity index (χ2v) is 8.14. The van der Waals surface area contributed by atoms with Crippen LogP contribution in [-0.2, 0) is 0 Å². The Balaban J connectivity index is 1.69. The number of para-hydroxylation sites is 2. The molecule has 0 saturated carbocycles. The molecule has 0 amide bonds.